The van der Waals surface area contributed by atoms with Crippen LogP contribution in [-0.4, -0.2) is 35.6 Å². The lowest BCUT2D eigenvalue weighted by Crippen LogP contribution is -2.41. The minimum absolute atomic E-state index is 0.0320. The number of halogens is 2. The average Bonchev–Trinajstić information content (AvgIpc) is 2.90. The van der Waals surface area contributed by atoms with Crippen LogP contribution in [0.15, 0.2) is 15.4 Å². The van der Waals surface area contributed by atoms with Crippen molar-refractivity contribution >= 4 is 0 Å². The summed E-state index contributed by atoms with van der Waals surface area (Å²) in [7, 11) is 2.10. The summed E-state index contributed by atoms with van der Waals surface area (Å²) in [6.07, 6.45) is 4.19. The molecule has 22 heavy (non-hydrogen) atoms. The number of aromatic nitrogens is 1. The molecular formula is C16H24F2N2O2. The highest BCUT2D eigenvalue weighted by atomic mass is 19.3. The number of H-pyrrole nitrogens is 1. The van der Waals surface area contributed by atoms with Crippen molar-refractivity contribution in [3.05, 3.63) is 22.2 Å². The van der Waals surface area contributed by atoms with Crippen LogP contribution in [0.5, 0.6) is 0 Å². The number of alkyl halides is 2. The van der Waals surface area contributed by atoms with Gasteiger partial charge in [0.05, 0.1) is 0 Å². The molecule has 124 valence electrons. The maximum Gasteiger partial charge on any atom is 0.280 e. The lowest BCUT2D eigenvalue weighted by atomic mass is 9.79. The maximum atomic E-state index is 13.3. The van der Waals surface area contributed by atoms with Crippen molar-refractivity contribution < 1.29 is 13.3 Å². The van der Waals surface area contributed by atoms with Crippen LogP contribution in [-0.2, 0) is 0 Å². The van der Waals surface area contributed by atoms with Crippen LogP contribution in [0, 0.1) is 5.92 Å². The zero-order valence-electron chi connectivity index (χ0n) is 13.0. The fourth-order valence-electron chi connectivity index (χ4n) is 3.92. The Morgan fingerprint density at radius 2 is 2.09 bits per heavy atom. The van der Waals surface area contributed by atoms with Crippen LogP contribution < -0.4 is 5.56 Å². The smallest absolute Gasteiger partial charge is 0.280 e. The van der Waals surface area contributed by atoms with E-state index in [-0.39, 0.29) is 24.3 Å². The Hall–Kier alpha value is -1.17. The molecular weight excluding hydrogens is 290 g/mol. The highest BCUT2D eigenvalue weighted by Gasteiger charge is 2.37. The van der Waals surface area contributed by atoms with Crippen LogP contribution in [0.1, 0.15) is 56.6 Å². The fourth-order valence-corrected chi connectivity index (χ4v) is 3.92. The molecule has 1 N–H and O–H groups in total. The van der Waals surface area contributed by atoms with Gasteiger partial charge in [-0.2, -0.15) is 5.16 Å². The van der Waals surface area contributed by atoms with E-state index in [0.717, 1.165) is 31.6 Å². The van der Waals surface area contributed by atoms with Crippen LogP contribution in [0.2, 0.25) is 0 Å². The minimum atomic E-state index is -2.45. The number of likely N-dealkylation sites (tertiary alicyclic amines) is 1. The molecule has 2 fully saturated rings. The summed E-state index contributed by atoms with van der Waals surface area (Å²) in [5.41, 5.74) is -0.194. The van der Waals surface area contributed by atoms with Gasteiger partial charge in [-0.1, -0.05) is 0 Å². The third-order valence-corrected chi connectivity index (χ3v) is 5.40. The molecule has 2 atom stereocenters. The quantitative estimate of drug-likeness (QED) is 0.930. The SMILES string of the molecule is CN1CC[C@@H](c2cc(=O)[nH]o2)C[C@H]1CC1CCC(F)(F)CC1. The Kier molecular flexibility index (Phi) is 4.39. The maximum absolute atomic E-state index is 13.3. The normalized spacial score (nSPS) is 30.5. The fraction of sp³-hybridized carbons (Fsp3) is 0.812. The van der Waals surface area contributed by atoms with Crippen molar-refractivity contribution in [1.29, 1.82) is 0 Å². The second-order valence-electron chi connectivity index (χ2n) is 7.01. The number of nitrogens with zero attached hydrogens (tertiary/aromatic N) is 1. The van der Waals surface area contributed by atoms with Crippen LogP contribution in [0.4, 0.5) is 8.78 Å². The zero-order chi connectivity index (χ0) is 15.7. The van der Waals surface area contributed by atoms with E-state index in [0.29, 0.717) is 24.8 Å². The van der Waals surface area contributed by atoms with Crippen LogP contribution >= 0.6 is 0 Å². The molecule has 0 unspecified atom stereocenters. The van der Waals surface area contributed by atoms with Gasteiger partial charge in [0.25, 0.3) is 5.56 Å². The Morgan fingerprint density at radius 1 is 1.36 bits per heavy atom. The standard InChI is InChI=1S/C16H24F2N2O2/c1-20-7-4-12(14-10-15(21)19-22-14)9-13(20)8-11-2-5-16(17,18)6-3-11/h10-13H,2-9H2,1H3,(H,19,21)/t12-,13-/m1/s1. The van der Waals surface area contributed by atoms with Crippen LogP contribution in [0.25, 0.3) is 0 Å². The summed E-state index contributed by atoms with van der Waals surface area (Å²) in [6.45, 7) is 0.951. The highest BCUT2D eigenvalue weighted by Crippen LogP contribution is 2.40. The van der Waals surface area contributed by atoms with E-state index in [9.17, 15) is 13.6 Å². The summed E-state index contributed by atoms with van der Waals surface area (Å²) < 4.78 is 31.8. The third-order valence-electron chi connectivity index (χ3n) is 5.40. The molecule has 2 heterocycles. The summed E-state index contributed by atoms with van der Waals surface area (Å²) >= 11 is 0. The van der Waals surface area contributed by atoms with E-state index in [1.807, 2.05) is 0 Å². The number of aromatic amines is 1. The molecule has 0 aromatic carbocycles. The van der Waals surface area contributed by atoms with Crippen molar-refractivity contribution in [2.45, 2.75) is 62.8 Å². The lowest BCUT2D eigenvalue weighted by Gasteiger charge is -2.39. The Balaban J connectivity index is 1.59. The highest BCUT2D eigenvalue weighted by molar-refractivity contribution is 5.05. The predicted octanol–water partition coefficient (Wildman–Crippen LogP) is 3.36. The van der Waals surface area contributed by atoms with Crippen molar-refractivity contribution in [3.8, 4) is 0 Å². The number of rotatable bonds is 3. The number of piperidine rings is 1. The second-order valence-corrected chi connectivity index (χ2v) is 7.01. The van der Waals surface area contributed by atoms with Gasteiger partial charge >= 0.3 is 0 Å². The van der Waals surface area contributed by atoms with Gasteiger partial charge in [-0.25, -0.2) is 8.78 Å². The van der Waals surface area contributed by atoms with Crippen LogP contribution in [0.3, 0.4) is 0 Å². The van der Waals surface area contributed by atoms with E-state index >= 15 is 0 Å². The molecule has 2 aliphatic rings. The minimum Gasteiger partial charge on any atom is -0.383 e. The molecule has 4 nitrogen and oxygen atoms in total. The molecule has 0 amide bonds. The van der Waals surface area contributed by atoms with Gasteiger partial charge in [-0.05, 0) is 51.6 Å². The molecule has 1 aromatic heterocycles. The van der Waals surface area contributed by atoms with Gasteiger partial charge < -0.3 is 9.42 Å². The largest absolute Gasteiger partial charge is 0.383 e. The second kappa shape index (κ2) is 6.14. The number of hydrogen-bond donors (Lipinski definition) is 1. The molecule has 1 aromatic rings. The summed E-state index contributed by atoms with van der Waals surface area (Å²) in [4.78, 5) is 13.6. The first-order valence-corrected chi connectivity index (χ1v) is 8.19. The molecule has 1 saturated heterocycles. The van der Waals surface area contributed by atoms with Gasteiger partial charge in [0.1, 0.15) is 5.76 Å². The van der Waals surface area contributed by atoms with Crippen molar-refractivity contribution in [2.75, 3.05) is 13.6 Å². The monoisotopic (exact) mass is 314 g/mol. The first-order valence-electron chi connectivity index (χ1n) is 8.19. The molecule has 0 bridgehead atoms. The van der Waals surface area contributed by atoms with E-state index < -0.39 is 5.92 Å². The number of hydrogen-bond acceptors (Lipinski definition) is 3. The Morgan fingerprint density at radius 3 is 2.73 bits per heavy atom. The summed E-state index contributed by atoms with van der Waals surface area (Å²) in [6, 6.07) is 1.92. The van der Waals surface area contributed by atoms with Crippen molar-refractivity contribution in [2.24, 2.45) is 5.92 Å². The predicted molar refractivity (Wildman–Crippen MR) is 79.2 cm³/mol. The molecule has 1 saturated carbocycles. The van der Waals surface area contributed by atoms with Crippen molar-refractivity contribution in [3.63, 3.8) is 0 Å². The molecule has 6 heteroatoms. The molecule has 3 rings (SSSR count). The van der Waals surface area contributed by atoms with E-state index in [1.54, 1.807) is 0 Å². The number of nitrogens with one attached hydrogen (secondary N) is 1. The lowest BCUT2D eigenvalue weighted by molar-refractivity contribution is -0.0495. The molecule has 0 spiro atoms. The van der Waals surface area contributed by atoms with Crippen molar-refractivity contribution in [1.82, 2.24) is 10.1 Å². The summed E-state index contributed by atoms with van der Waals surface area (Å²) in [5.74, 6) is -1.07. The third kappa shape index (κ3) is 3.59. The molecule has 1 aliphatic carbocycles. The molecule has 1 aliphatic heterocycles. The Labute approximate surface area is 128 Å². The first-order chi connectivity index (χ1) is 10.4. The van der Waals surface area contributed by atoms with Gasteiger partial charge in [0.2, 0.25) is 5.92 Å². The first kappa shape index (κ1) is 15.7. The van der Waals surface area contributed by atoms with E-state index in [2.05, 4.69) is 17.1 Å². The van der Waals surface area contributed by atoms with Gasteiger partial charge in [-0.3, -0.25) is 4.79 Å². The average molecular weight is 314 g/mol. The topological polar surface area (TPSA) is 49.2 Å². The van der Waals surface area contributed by atoms with E-state index in [1.165, 1.54) is 6.07 Å². The van der Waals surface area contributed by atoms with Gasteiger partial charge in [0, 0.05) is 30.9 Å². The molecule has 0 radical (unpaired) electrons. The summed E-state index contributed by atoms with van der Waals surface area (Å²) in [5, 5.41) is 2.35. The van der Waals surface area contributed by atoms with Gasteiger partial charge in [0.15, 0.2) is 0 Å². The van der Waals surface area contributed by atoms with E-state index in [4.69, 9.17) is 4.52 Å². The zero-order valence-corrected chi connectivity index (χ0v) is 13.0. The van der Waals surface area contributed by atoms with Gasteiger partial charge in [-0.15, -0.1) is 0 Å². The Bertz CT molecular complexity index is 544.